The van der Waals surface area contributed by atoms with Gasteiger partial charge in [-0.25, -0.2) is 0 Å². The van der Waals surface area contributed by atoms with Crippen LogP contribution in [0.4, 0.5) is 5.69 Å². The van der Waals surface area contributed by atoms with Gasteiger partial charge in [-0.3, -0.25) is 9.40 Å². The topological polar surface area (TPSA) is 123 Å². The number of aromatic nitrogens is 2. The summed E-state index contributed by atoms with van der Waals surface area (Å²) in [4.78, 5) is 0. The minimum atomic E-state index is -3.84. The first-order valence-electron chi connectivity index (χ1n) is 5.63. The van der Waals surface area contributed by atoms with Crippen molar-refractivity contribution in [2.45, 2.75) is 5.03 Å². The lowest BCUT2D eigenvalue weighted by Gasteiger charge is -2.12. The Balaban J connectivity index is 2.49. The molecule has 0 fully saturated rings. The number of sulfonamides is 1. The van der Waals surface area contributed by atoms with Gasteiger partial charge in [0.25, 0.3) is 10.0 Å². The number of nitrogens with two attached hydrogens (primary N) is 1. The summed E-state index contributed by atoms with van der Waals surface area (Å²) < 4.78 is 28.9. The molecule has 0 amide bonds. The first kappa shape index (κ1) is 15.3. The number of aryl methyl sites for hydroxylation is 1. The van der Waals surface area contributed by atoms with Crippen LogP contribution in [0.3, 0.4) is 0 Å². The van der Waals surface area contributed by atoms with Gasteiger partial charge in [-0.05, 0) is 24.3 Å². The second-order valence-corrected chi connectivity index (χ2v) is 6.62. The average molecular weight is 374 g/mol. The van der Waals surface area contributed by atoms with Gasteiger partial charge in [-0.1, -0.05) is 21.1 Å². The van der Waals surface area contributed by atoms with Crippen LogP contribution in [0.2, 0.25) is 0 Å². The van der Waals surface area contributed by atoms with Crippen molar-refractivity contribution in [2.75, 3.05) is 4.72 Å². The molecule has 0 saturated carbocycles. The van der Waals surface area contributed by atoms with Crippen molar-refractivity contribution in [3.05, 3.63) is 40.5 Å². The summed E-state index contributed by atoms with van der Waals surface area (Å²) in [6.07, 6.45) is 1.37. The third-order valence-electron chi connectivity index (χ3n) is 2.66. The summed E-state index contributed by atoms with van der Waals surface area (Å²) in [6, 6.07) is 6.06. The number of oxime groups is 1. The predicted molar refractivity (Wildman–Crippen MR) is 80.7 cm³/mol. The Kier molecular flexibility index (Phi) is 4.19. The van der Waals surface area contributed by atoms with Crippen molar-refractivity contribution in [3.63, 3.8) is 0 Å². The van der Waals surface area contributed by atoms with E-state index in [0.717, 1.165) is 0 Å². The van der Waals surface area contributed by atoms with Gasteiger partial charge in [0, 0.05) is 17.1 Å². The van der Waals surface area contributed by atoms with Crippen LogP contribution in [0.25, 0.3) is 0 Å². The number of hydrogen-bond acceptors (Lipinski definition) is 5. The van der Waals surface area contributed by atoms with E-state index in [9.17, 15) is 8.42 Å². The zero-order chi connectivity index (χ0) is 15.6. The first-order valence-corrected chi connectivity index (χ1v) is 7.91. The lowest BCUT2D eigenvalue weighted by molar-refractivity contribution is 0.318. The standard InChI is InChI=1S/C11H12BrN5O3S/c1-17-10(4-5-14-17)21(19,20)16-9-6-7(12)2-3-8(9)11(13)15-18/h2-6,16,18H,1H3,(H2,13,15). The third kappa shape index (κ3) is 3.16. The number of nitrogens with zero attached hydrogens (tertiary/aromatic N) is 3. The van der Waals surface area contributed by atoms with E-state index in [1.165, 1.54) is 36.1 Å². The molecule has 8 nitrogen and oxygen atoms in total. The summed E-state index contributed by atoms with van der Waals surface area (Å²) >= 11 is 3.24. The number of amidine groups is 1. The second kappa shape index (κ2) is 5.74. The molecule has 2 rings (SSSR count). The molecule has 112 valence electrons. The van der Waals surface area contributed by atoms with Crippen molar-refractivity contribution in [3.8, 4) is 0 Å². The number of hydrogen-bond donors (Lipinski definition) is 3. The molecule has 1 heterocycles. The van der Waals surface area contributed by atoms with Gasteiger partial charge < -0.3 is 10.9 Å². The third-order valence-corrected chi connectivity index (χ3v) is 4.59. The monoisotopic (exact) mass is 373 g/mol. The molecule has 21 heavy (non-hydrogen) atoms. The molecule has 10 heteroatoms. The van der Waals surface area contributed by atoms with E-state index in [-0.39, 0.29) is 22.1 Å². The van der Waals surface area contributed by atoms with Gasteiger partial charge in [0.15, 0.2) is 10.9 Å². The van der Waals surface area contributed by atoms with Crippen LogP contribution < -0.4 is 10.5 Å². The van der Waals surface area contributed by atoms with Gasteiger partial charge >= 0.3 is 0 Å². The number of rotatable bonds is 4. The molecule has 0 radical (unpaired) electrons. The molecular formula is C11H12BrN5O3S. The van der Waals surface area contributed by atoms with E-state index < -0.39 is 10.0 Å². The highest BCUT2D eigenvalue weighted by atomic mass is 79.9. The van der Waals surface area contributed by atoms with Crippen LogP contribution in [-0.2, 0) is 17.1 Å². The maximum absolute atomic E-state index is 12.3. The van der Waals surface area contributed by atoms with Gasteiger partial charge in [0.1, 0.15) is 0 Å². The maximum Gasteiger partial charge on any atom is 0.279 e. The van der Waals surface area contributed by atoms with Crippen LogP contribution in [0, 0.1) is 0 Å². The summed E-state index contributed by atoms with van der Waals surface area (Å²) in [5, 5.41) is 15.5. The van der Waals surface area contributed by atoms with E-state index >= 15 is 0 Å². The molecule has 1 aromatic carbocycles. The lowest BCUT2D eigenvalue weighted by Crippen LogP contribution is -2.21. The van der Waals surface area contributed by atoms with Crippen molar-refractivity contribution < 1.29 is 13.6 Å². The lowest BCUT2D eigenvalue weighted by atomic mass is 10.2. The van der Waals surface area contributed by atoms with Gasteiger partial charge in [-0.2, -0.15) is 13.5 Å². The van der Waals surface area contributed by atoms with Crippen LogP contribution in [0.1, 0.15) is 5.56 Å². The Labute approximate surface area is 129 Å². The zero-order valence-electron chi connectivity index (χ0n) is 10.9. The minimum Gasteiger partial charge on any atom is -0.409 e. The van der Waals surface area contributed by atoms with E-state index in [1.807, 2.05) is 0 Å². The Hall–Kier alpha value is -2.07. The summed E-state index contributed by atoms with van der Waals surface area (Å²) in [5.41, 5.74) is 5.98. The van der Waals surface area contributed by atoms with Crippen LogP contribution >= 0.6 is 15.9 Å². The highest BCUT2D eigenvalue weighted by Crippen LogP contribution is 2.24. The minimum absolute atomic E-state index is 0.00654. The second-order valence-electron chi connectivity index (χ2n) is 4.07. The summed E-state index contributed by atoms with van der Waals surface area (Å²) in [5.74, 6) is -0.204. The van der Waals surface area contributed by atoms with Crippen molar-refractivity contribution >= 4 is 37.5 Å². The van der Waals surface area contributed by atoms with Crippen molar-refractivity contribution in [1.29, 1.82) is 0 Å². The van der Waals surface area contributed by atoms with Crippen LogP contribution in [0.15, 0.2) is 45.1 Å². The highest BCUT2D eigenvalue weighted by Gasteiger charge is 2.20. The zero-order valence-corrected chi connectivity index (χ0v) is 13.3. The molecule has 0 aliphatic rings. The largest absolute Gasteiger partial charge is 0.409 e. The molecule has 0 unspecified atom stereocenters. The van der Waals surface area contributed by atoms with Gasteiger partial charge in [0.2, 0.25) is 0 Å². The fourth-order valence-electron chi connectivity index (χ4n) is 1.70. The molecule has 0 saturated heterocycles. The Morgan fingerprint density at radius 2 is 2.19 bits per heavy atom. The molecule has 0 aliphatic carbocycles. The number of nitrogens with one attached hydrogen (secondary N) is 1. The Morgan fingerprint density at radius 3 is 2.76 bits per heavy atom. The molecule has 0 atom stereocenters. The van der Waals surface area contributed by atoms with E-state index in [2.05, 4.69) is 30.9 Å². The summed E-state index contributed by atoms with van der Waals surface area (Å²) in [6.45, 7) is 0. The summed E-state index contributed by atoms with van der Waals surface area (Å²) in [7, 11) is -2.33. The number of halogens is 1. The fraction of sp³-hybridized carbons (Fsp3) is 0.0909. The normalized spacial score (nSPS) is 12.4. The number of benzene rings is 1. The fourth-order valence-corrected chi connectivity index (χ4v) is 3.26. The number of anilines is 1. The van der Waals surface area contributed by atoms with E-state index in [4.69, 9.17) is 10.9 Å². The van der Waals surface area contributed by atoms with Crippen LogP contribution in [-0.4, -0.2) is 29.2 Å². The maximum atomic E-state index is 12.3. The van der Waals surface area contributed by atoms with Gasteiger partial charge in [0.05, 0.1) is 11.9 Å². The predicted octanol–water partition coefficient (Wildman–Crippen LogP) is 1.08. The van der Waals surface area contributed by atoms with E-state index in [1.54, 1.807) is 6.07 Å². The molecule has 1 aromatic heterocycles. The highest BCUT2D eigenvalue weighted by molar-refractivity contribution is 9.10. The van der Waals surface area contributed by atoms with Gasteiger partial charge in [-0.15, -0.1) is 0 Å². The van der Waals surface area contributed by atoms with Crippen molar-refractivity contribution in [2.24, 2.45) is 17.9 Å². The Bertz CT molecular complexity index is 800. The van der Waals surface area contributed by atoms with Crippen molar-refractivity contribution in [1.82, 2.24) is 9.78 Å². The van der Waals surface area contributed by atoms with Crippen LogP contribution in [0.5, 0.6) is 0 Å². The van der Waals surface area contributed by atoms with E-state index in [0.29, 0.717) is 4.47 Å². The molecule has 0 aliphatic heterocycles. The average Bonchev–Trinajstić information content (AvgIpc) is 2.85. The molecule has 0 spiro atoms. The quantitative estimate of drug-likeness (QED) is 0.320. The Morgan fingerprint density at radius 1 is 1.48 bits per heavy atom. The smallest absolute Gasteiger partial charge is 0.279 e. The molecular weight excluding hydrogens is 362 g/mol. The SMILES string of the molecule is Cn1nccc1S(=O)(=O)Nc1cc(Br)ccc1/C(N)=N/O. The first-order chi connectivity index (χ1) is 9.85. The molecule has 4 N–H and O–H groups in total. The molecule has 0 bridgehead atoms. The molecule has 2 aromatic rings.